The third-order valence-corrected chi connectivity index (χ3v) is 1.90. The SMILES string of the molecule is Cc1ccc(F)cc1NCC(=O)NC(N)=O. The highest BCUT2D eigenvalue weighted by Crippen LogP contribution is 2.15. The van der Waals surface area contributed by atoms with Crippen LogP contribution in [0.4, 0.5) is 14.9 Å². The number of aryl methyl sites for hydroxylation is 1. The van der Waals surface area contributed by atoms with E-state index in [9.17, 15) is 14.0 Å². The number of carbonyl (C=O) groups is 2. The normalized spacial score (nSPS) is 9.62. The fourth-order valence-corrected chi connectivity index (χ4v) is 1.14. The van der Waals surface area contributed by atoms with E-state index in [1.807, 2.05) is 5.32 Å². The van der Waals surface area contributed by atoms with Gasteiger partial charge in [0.05, 0.1) is 6.54 Å². The van der Waals surface area contributed by atoms with Gasteiger partial charge in [-0.3, -0.25) is 10.1 Å². The molecule has 0 unspecified atom stereocenters. The van der Waals surface area contributed by atoms with Gasteiger partial charge in [0.2, 0.25) is 5.91 Å². The van der Waals surface area contributed by atoms with E-state index in [-0.39, 0.29) is 6.54 Å². The third-order valence-electron chi connectivity index (χ3n) is 1.90. The first kappa shape index (κ1) is 12.0. The molecular weight excluding hydrogens is 213 g/mol. The standard InChI is InChI=1S/C10H12FN3O2/c1-6-2-3-7(11)4-8(6)13-5-9(15)14-10(12)16/h2-4,13H,5H2,1H3,(H3,12,14,15,16). The summed E-state index contributed by atoms with van der Waals surface area (Å²) >= 11 is 0. The van der Waals surface area contributed by atoms with Gasteiger partial charge in [0.15, 0.2) is 0 Å². The molecule has 1 aromatic rings. The number of imide groups is 1. The minimum atomic E-state index is -0.914. The molecule has 0 saturated heterocycles. The summed E-state index contributed by atoms with van der Waals surface area (Å²) in [6.07, 6.45) is 0. The molecule has 0 fully saturated rings. The van der Waals surface area contributed by atoms with Crippen molar-refractivity contribution in [2.45, 2.75) is 6.92 Å². The molecule has 0 spiro atoms. The number of benzene rings is 1. The molecule has 3 amide bonds. The van der Waals surface area contributed by atoms with Crippen molar-refractivity contribution in [3.05, 3.63) is 29.6 Å². The van der Waals surface area contributed by atoms with Crippen LogP contribution >= 0.6 is 0 Å². The van der Waals surface area contributed by atoms with E-state index in [1.54, 1.807) is 13.0 Å². The summed E-state index contributed by atoms with van der Waals surface area (Å²) in [7, 11) is 0. The van der Waals surface area contributed by atoms with Gasteiger partial charge in [0.25, 0.3) is 0 Å². The van der Waals surface area contributed by atoms with Crippen molar-refractivity contribution in [1.82, 2.24) is 5.32 Å². The second-order valence-corrected chi connectivity index (χ2v) is 3.23. The van der Waals surface area contributed by atoms with Crippen LogP contribution < -0.4 is 16.4 Å². The zero-order valence-electron chi connectivity index (χ0n) is 8.71. The molecule has 0 bridgehead atoms. The van der Waals surface area contributed by atoms with Crippen LogP contribution in [0, 0.1) is 12.7 Å². The highest BCUT2D eigenvalue weighted by molar-refractivity contribution is 5.95. The van der Waals surface area contributed by atoms with Crippen LogP contribution in [-0.2, 0) is 4.79 Å². The van der Waals surface area contributed by atoms with Crippen molar-refractivity contribution in [2.75, 3.05) is 11.9 Å². The number of halogens is 1. The molecule has 0 aliphatic heterocycles. The molecule has 16 heavy (non-hydrogen) atoms. The molecule has 1 rings (SSSR count). The van der Waals surface area contributed by atoms with Crippen molar-refractivity contribution in [2.24, 2.45) is 5.73 Å². The largest absolute Gasteiger partial charge is 0.376 e. The summed E-state index contributed by atoms with van der Waals surface area (Å²) in [6.45, 7) is 1.63. The number of anilines is 1. The Balaban J connectivity index is 2.57. The van der Waals surface area contributed by atoms with Crippen LogP contribution in [0.15, 0.2) is 18.2 Å². The molecule has 0 radical (unpaired) electrons. The topological polar surface area (TPSA) is 84.2 Å². The fraction of sp³-hybridized carbons (Fsp3) is 0.200. The van der Waals surface area contributed by atoms with Gasteiger partial charge in [-0.05, 0) is 24.6 Å². The minimum Gasteiger partial charge on any atom is -0.376 e. The highest BCUT2D eigenvalue weighted by Gasteiger charge is 2.05. The van der Waals surface area contributed by atoms with Crippen molar-refractivity contribution < 1.29 is 14.0 Å². The van der Waals surface area contributed by atoms with Crippen molar-refractivity contribution in [1.29, 1.82) is 0 Å². The summed E-state index contributed by atoms with van der Waals surface area (Å²) in [4.78, 5) is 21.4. The number of nitrogens with one attached hydrogen (secondary N) is 2. The predicted octanol–water partition coefficient (Wildman–Crippen LogP) is 0.741. The van der Waals surface area contributed by atoms with Crippen molar-refractivity contribution >= 4 is 17.6 Å². The van der Waals surface area contributed by atoms with Crippen molar-refractivity contribution in [3.63, 3.8) is 0 Å². The molecule has 0 aromatic heterocycles. The Morgan fingerprint density at radius 2 is 2.12 bits per heavy atom. The lowest BCUT2D eigenvalue weighted by atomic mass is 10.2. The average Bonchev–Trinajstić information content (AvgIpc) is 2.18. The first-order chi connectivity index (χ1) is 7.49. The van der Waals surface area contributed by atoms with Crippen LogP contribution in [0.25, 0.3) is 0 Å². The lowest BCUT2D eigenvalue weighted by molar-refractivity contribution is -0.118. The summed E-state index contributed by atoms with van der Waals surface area (Å²) < 4.78 is 12.9. The third kappa shape index (κ3) is 3.56. The van der Waals surface area contributed by atoms with Gasteiger partial charge in [-0.25, -0.2) is 9.18 Å². The Labute approximate surface area is 91.8 Å². The molecule has 0 aliphatic carbocycles. The van der Waals surface area contributed by atoms with E-state index in [0.29, 0.717) is 5.69 Å². The summed E-state index contributed by atoms with van der Waals surface area (Å²) in [5, 5.41) is 4.59. The molecule has 0 atom stereocenters. The van der Waals surface area contributed by atoms with Gasteiger partial charge >= 0.3 is 6.03 Å². The molecule has 0 aliphatic rings. The quantitative estimate of drug-likeness (QED) is 0.709. The van der Waals surface area contributed by atoms with Crippen LogP contribution in [0.5, 0.6) is 0 Å². The van der Waals surface area contributed by atoms with Gasteiger partial charge in [-0.1, -0.05) is 6.07 Å². The van der Waals surface area contributed by atoms with Crippen LogP contribution in [-0.4, -0.2) is 18.5 Å². The molecule has 6 heteroatoms. The van der Waals surface area contributed by atoms with Crippen LogP contribution in [0.2, 0.25) is 0 Å². The van der Waals surface area contributed by atoms with Crippen molar-refractivity contribution in [3.8, 4) is 0 Å². The molecule has 0 heterocycles. The van der Waals surface area contributed by atoms with Gasteiger partial charge in [0.1, 0.15) is 5.82 Å². The van der Waals surface area contributed by atoms with E-state index in [1.165, 1.54) is 12.1 Å². The van der Waals surface area contributed by atoms with Gasteiger partial charge < -0.3 is 11.1 Å². The Hall–Kier alpha value is -2.11. The summed E-state index contributed by atoms with van der Waals surface area (Å²) in [5.74, 6) is -0.973. The number of primary amides is 1. The van der Waals surface area contributed by atoms with Crippen LogP contribution in [0.3, 0.4) is 0 Å². The van der Waals surface area contributed by atoms with Gasteiger partial charge in [-0.2, -0.15) is 0 Å². The van der Waals surface area contributed by atoms with E-state index >= 15 is 0 Å². The number of carbonyl (C=O) groups excluding carboxylic acids is 2. The minimum absolute atomic E-state index is 0.146. The lowest BCUT2D eigenvalue weighted by Gasteiger charge is -2.08. The first-order valence-electron chi connectivity index (χ1n) is 4.58. The summed E-state index contributed by atoms with van der Waals surface area (Å²) in [6, 6.07) is 3.27. The Morgan fingerprint density at radius 1 is 1.44 bits per heavy atom. The first-order valence-corrected chi connectivity index (χ1v) is 4.58. The van der Waals surface area contributed by atoms with E-state index in [2.05, 4.69) is 5.32 Å². The summed E-state index contributed by atoms with van der Waals surface area (Å²) in [5.41, 5.74) is 6.06. The number of rotatable bonds is 3. The zero-order chi connectivity index (χ0) is 12.1. The second-order valence-electron chi connectivity index (χ2n) is 3.23. The molecular formula is C10H12FN3O2. The van der Waals surface area contributed by atoms with Gasteiger partial charge in [-0.15, -0.1) is 0 Å². The number of urea groups is 1. The smallest absolute Gasteiger partial charge is 0.318 e. The Kier molecular flexibility index (Phi) is 3.82. The number of nitrogens with two attached hydrogens (primary N) is 1. The number of hydrogen-bond acceptors (Lipinski definition) is 3. The van der Waals surface area contributed by atoms with E-state index in [0.717, 1.165) is 5.56 Å². The monoisotopic (exact) mass is 225 g/mol. The van der Waals surface area contributed by atoms with E-state index in [4.69, 9.17) is 5.73 Å². The molecule has 5 nitrogen and oxygen atoms in total. The lowest BCUT2D eigenvalue weighted by Crippen LogP contribution is -2.38. The molecule has 1 aromatic carbocycles. The van der Waals surface area contributed by atoms with Gasteiger partial charge in [0, 0.05) is 5.69 Å². The maximum absolute atomic E-state index is 12.9. The molecule has 0 saturated carbocycles. The highest BCUT2D eigenvalue weighted by atomic mass is 19.1. The van der Waals surface area contributed by atoms with E-state index < -0.39 is 17.8 Å². The second kappa shape index (κ2) is 5.11. The Bertz CT molecular complexity index is 421. The number of amides is 3. The van der Waals surface area contributed by atoms with Crippen LogP contribution in [0.1, 0.15) is 5.56 Å². The predicted molar refractivity (Wildman–Crippen MR) is 57.4 cm³/mol. The molecule has 86 valence electrons. The average molecular weight is 225 g/mol. The number of hydrogen-bond donors (Lipinski definition) is 3. The Morgan fingerprint density at radius 3 is 2.75 bits per heavy atom. The molecule has 4 N–H and O–H groups in total. The maximum atomic E-state index is 12.9. The maximum Gasteiger partial charge on any atom is 0.318 e. The zero-order valence-corrected chi connectivity index (χ0v) is 8.71. The fourth-order valence-electron chi connectivity index (χ4n) is 1.14.